The van der Waals surface area contributed by atoms with E-state index < -0.39 is 5.54 Å². The largest absolute Gasteiger partial charge is 0.277 e. The van der Waals surface area contributed by atoms with Crippen molar-refractivity contribution in [3.05, 3.63) is 126 Å². The molecule has 4 rings (SSSR count). The quantitative estimate of drug-likeness (QED) is 0.460. The molecule has 0 spiro atoms. The summed E-state index contributed by atoms with van der Waals surface area (Å²) in [7, 11) is 0. The first-order valence-corrected chi connectivity index (χ1v) is 9.79. The Hall–Kier alpha value is -3.37. The number of hydrogen-bond donors (Lipinski definition) is 0. The van der Waals surface area contributed by atoms with Crippen molar-refractivity contribution in [3.63, 3.8) is 0 Å². The summed E-state index contributed by atoms with van der Waals surface area (Å²) in [5.74, 6) is 0. The van der Waals surface area contributed by atoms with E-state index in [4.69, 9.17) is 9.97 Å². The van der Waals surface area contributed by atoms with E-state index in [0.717, 1.165) is 23.6 Å². The second-order valence-corrected chi connectivity index (χ2v) is 7.16. The second kappa shape index (κ2) is 8.76. The first-order valence-electron chi connectivity index (χ1n) is 9.79. The molecule has 0 saturated carbocycles. The summed E-state index contributed by atoms with van der Waals surface area (Å²) in [4.78, 5) is 16.4. The van der Waals surface area contributed by atoms with E-state index >= 15 is 0 Å². The van der Waals surface area contributed by atoms with Crippen LogP contribution < -0.4 is 0 Å². The third kappa shape index (κ3) is 4.23. The van der Waals surface area contributed by atoms with Gasteiger partial charge in [0.1, 0.15) is 5.54 Å². The van der Waals surface area contributed by atoms with Crippen molar-refractivity contribution in [3.8, 4) is 0 Å². The van der Waals surface area contributed by atoms with Crippen molar-refractivity contribution in [1.29, 1.82) is 0 Å². The van der Waals surface area contributed by atoms with Crippen LogP contribution >= 0.6 is 0 Å². The van der Waals surface area contributed by atoms with Gasteiger partial charge in [-0.05, 0) is 48.9 Å². The summed E-state index contributed by atoms with van der Waals surface area (Å²) >= 11 is 0. The van der Waals surface area contributed by atoms with Crippen molar-refractivity contribution in [1.82, 2.24) is 19.9 Å². The lowest BCUT2D eigenvalue weighted by Crippen LogP contribution is -2.45. The van der Waals surface area contributed by atoms with Gasteiger partial charge in [0.05, 0.1) is 17.1 Å². The molecular weight excluding hydrogens is 356 g/mol. The molecule has 0 saturated heterocycles. The van der Waals surface area contributed by atoms with E-state index in [-0.39, 0.29) is 0 Å². The average molecular weight is 380 g/mol. The van der Waals surface area contributed by atoms with Gasteiger partial charge in [0.25, 0.3) is 0 Å². The predicted octanol–water partition coefficient (Wildman–Crippen LogP) is 4.84. The van der Waals surface area contributed by atoms with Crippen molar-refractivity contribution in [2.75, 3.05) is 0 Å². The molecule has 4 aromatic rings. The van der Waals surface area contributed by atoms with E-state index in [1.54, 1.807) is 0 Å². The van der Waals surface area contributed by atoms with Gasteiger partial charge in [0.15, 0.2) is 0 Å². The normalized spacial score (nSPS) is 11.5. The van der Waals surface area contributed by atoms with Gasteiger partial charge in [-0.1, -0.05) is 48.5 Å². The topological polar surface area (TPSA) is 41.9 Å². The Morgan fingerprint density at radius 2 is 1.17 bits per heavy atom. The maximum Gasteiger partial charge on any atom is 0.104 e. The number of rotatable bonds is 7. The molecule has 0 N–H and O–H groups in total. The van der Waals surface area contributed by atoms with Crippen LogP contribution in [-0.2, 0) is 18.6 Å². The highest BCUT2D eigenvalue weighted by molar-refractivity contribution is 5.30. The molecule has 3 heterocycles. The minimum Gasteiger partial charge on any atom is -0.277 e. The molecule has 0 aliphatic heterocycles. The fourth-order valence-corrected chi connectivity index (χ4v) is 3.62. The first-order chi connectivity index (χ1) is 14.3. The molecule has 0 radical (unpaired) electrons. The van der Waals surface area contributed by atoms with E-state index in [1.165, 1.54) is 5.56 Å². The van der Waals surface area contributed by atoms with Gasteiger partial charge >= 0.3 is 0 Å². The van der Waals surface area contributed by atoms with E-state index in [1.807, 2.05) is 61.1 Å². The first kappa shape index (κ1) is 19.0. The molecule has 4 heteroatoms. The molecule has 0 aliphatic rings. The zero-order valence-electron chi connectivity index (χ0n) is 16.5. The summed E-state index contributed by atoms with van der Waals surface area (Å²) in [5.41, 5.74) is 3.66. The standard InChI is InChI=1S/C25H24N4/c1-25(23-14-6-9-17-27-23,24-15-7-10-18-28-24)29(19-21-11-3-2-4-12-21)20-22-13-5-8-16-26-22/h2-18H,19-20H2,1H3. The Labute approximate surface area is 171 Å². The van der Waals surface area contributed by atoms with E-state index in [2.05, 4.69) is 59.3 Å². The van der Waals surface area contributed by atoms with E-state index in [0.29, 0.717) is 6.54 Å². The maximum atomic E-state index is 4.73. The second-order valence-electron chi connectivity index (χ2n) is 7.16. The fraction of sp³-hybridized carbons (Fsp3) is 0.160. The Bertz CT molecular complexity index is 925. The molecule has 3 aromatic heterocycles. The smallest absolute Gasteiger partial charge is 0.104 e. The zero-order chi connectivity index (χ0) is 19.9. The fourth-order valence-electron chi connectivity index (χ4n) is 3.62. The van der Waals surface area contributed by atoms with Crippen LogP contribution in [0.5, 0.6) is 0 Å². The lowest BCUT2D eigenvalue weighted by atomic mass is 9.89. The summed E-state index contributed by atoms with van der Waals surface area (Å²) in [6.45, 7) is 3.63. The summed E-state index contributed by atoms with van der Waals surface area (Å²) in [5, 5.41) is 0. The maximum absolute atomic E-state index is 4.73. The molecule has 0 fully saturated rings. The lowest BCUT2D eigenvalue weighted by molar-refractivity contribution is 0.110. The highest BCUT2D eigenvalue weighted by Crippen LogP contribution is 2.35. The minimum atomic E-state index is -0.518. The van der Waals surface area contributed by atoms with Crippen LogP contribution in [-0.4, -0.2) is 19.9 Å². The number of aromatic nitrogens is 3. The molecule has 0 aliphatic carbocycles. The van der Waals surface area contributed by atoms with Crippen molar-refractivity contribution in [2.24, 2.45) is 0 Å². The van der Waals surface area contributed by atoms with Gasteiger partial charge in [0.2, 0.25) is 0 Å². The molecule has 0 unspecified atom stereocenters. The predicted molar refractivity (Wildman–Crippen MR) is 115 cm³/mol. The summed E-state index contributed by atoms with van der Waals surface area (Å²) < 4.78 is 0. The Morgan fingerprint density at radius 1 is 0.621 bits per heavy atom. The lowest BCUT2D eigenvalue weighted by Gasteiger charge is -2.40. The van der Waals surface area contributed by atoms with E-state index in [9.17, 15) is 0 Å². The van der Waals surface area contributed by atoms with Crippen LogP contribution in [0, 0.1) is 0 Å². The summed E-state index contributed by atoms with van der Waals surface area (Å²) in [6, 6.07) is 28.7. The van der Waals surface area contributed by atoms with Gasteiger partial charge in [-0.2, -0.15) is 0 Å². The number of nitrogens with zero attached hydrogens (tertiary/aromatic N) is 4. The van der Waals surface area contributed by atoms with Crippen LogP contribution in [0.3, 0.4) is 0 Å². The molecule has 0 bridgehead atoms. The van der Waals surface area contributed by atoms with Crippen LogP contribution in [0.4, 0.5) is 0 Å². The summed E-state index contributed by atoms with van der Waals surface area (Å²) in [6.07, 6.45) is 5.53. The molecule has 0 atom stereocenters. The highest BCUT2D eigenvalue weighted by atomic mass is 15.2. The van der Waals surface area contributed by atoms with Crippen LogP contribution in [0.2, 0.25) is 0 Å². The van der Waals surface area contributed by atoms with Crippen molar-refractivity contribution in [2.45, 2.75) is 25.6 Å². The Balaban J connectivity index is 1.83. The average Bonchev–Trinajstić information content (AvgIpc) is 2.81. The molecule has 4 nitrogen and oxygen atoms in total. The molecule has 29 heavy (non-hydrogen) atoms. The molecule has 1 aromatic carbocycles. The molecule has 0 amide bonds. The third-order valence-corrected chi connectivity index (χ3v) is 5.26. The van der Waals surface area contributed by atoms with Crippen LogP contribution in [0.15, 0.2) is 104 Å². The van der Waals surface area contributed by atoms with Gasteiger partial charge in [-0.25, -0.2) is 0 Å². The Kier molecular flexibility index (Phi) is 5.73. The molecular formula is C25H24N4. The molecule has 144 valence electrons. The highest BCUT2D eigenvalue weighted by Gasteiger charge is 2.38. The number of benzene rings is 1. The van der Waals surface area contributed by atoms with Gasteiger partial charge in [0, 0.05) is 31.7 Å². The minimum absolute atomic E-state index is 0.518. The monoisotopic (exact) mass is 380 g/mol. The van der Waals surface area contributed by atoms with Gasteiger partial charge in [-0.15, -0.1) is 0 Å². The third-order valence-electron chi connectivity index (χ3n) is 5.26. The number of pyridine rings is 3. The zero-order valence-corrected chi connectivity index (χ0v) is 16.5. The van der Waals surface area contributed by atoms with Crippen LogP contribution in [0.25, 0.3) is 0 Å². The van der Waals surface area contributed by atoms with Crippen molar-refractivity contribution < 1.29 is 0 Å². The van der Waals surface area contributed by atoms with Gasteiger partial charge < -0.3 is 0 Å². The SMILES string of the molecule is CC(c1ccccn1)(c1ccccn1)N(Cc1ccccc1)Cc1ccccn1. The van der Waals surface area contributed by atoms with Crippen LogP contribution in [0.1, 0.15) is 29.6 Å². The number of hydrogen-bond acceptors (Lipinski definition) is 4. The van der Waals surface area contributed by atoms with Gasteiger partial charge in [-0.3, -0.25) is 19.9 Å². The van der Waals surface area contributed by atoms with Crippen molar-refractivity contribution >= 4 is 0 Å². The Morgan fingerprint density at radius 3 is 1.69 bits per heavy atom.